The lowest BCUT2D eigenvalue weighted by Gasteiger charge is -2.06. The standard InChI is InChI=1S/C5H7F5/c6-3-4(7)1-2-5(8,9)10/h4H,1-3H2. The van der Waals surface area contributed by atoms with Gasteiger partial charge < -0.3 is 0 Å². The number of rotatable bonds is 3. The second kappa shape index (κ2) is 3.73. The summed E-state index contributed by atoms with van der Waals surface area (Å²) < 4.78 is 56.8. The fourth-order valence-electron chi connectivity index (χ4n) is 0.397. The summed E-state index contributed by atoms with van der Waals surface area (Å²) in [5, 5.41) is 0. The predicted octanol–water partition coefficient (Wildman–Crippen LogP) is 2.64. The summed E-state index contributed by atoms with van der Waals surface area (Å²) in [6.45, 7) is -1.34. The van der Waals surface area contributed by atoms with Crippen molar-refractivity contribution < 1.29 is 22.0 Å². The minimum Gasteiger partial charge on any atom is -0.248 e. The number of hydrogen-bond donors (Lipinski definition) is 0. The van der Waals surface area contributed by atoms with Crippen LogP contribution in [0, 0.1) is 0 Å². The van der Waals surface area contributed by atoms with Crippen LogP contribution in [0.15, 0.2) is 0 Å². The molecule has 0 nitrogen and oxygen atoms in total. The van der Waals surface area contributed by atoms with E-state index in [0.29, 0.717) is 0 Å². The largest absolute Gasteiger partial charge is 0.389 e. The van der Waals surface area contributed by atoms with E-state index in [1.807, 2.05) is 0 Å². The third kappa shape index (κ3) is 5.78. The Kier molecular flexibility index (Phi) is 3.60. The van der Waals surface area contributed by atoms with Gasteiger partial charge in [-0.2, -0.15) is 13.2 Å². The van der Waals surface area contributed by atoms with Crippen molar-refractivity contribution >= 4 is 0 Å². The molecule has 0 spiro atoms. The zero-order chi connectivity index (χ0) is 8.20. The van der Waals surface area contributed by atoms with Crippen molar-refractivity contribution in [3.8, 4) is 0 Å². The van der Waals surface area contributed by atoms with Crippen molar-refractivity contribution in [1.29, 1.82) is 0 Å². The van der Waals surface area contributed by atoms with Gasteiger partial charge in [-0.25, -0.2) is 8.78 Å². The topological polar surface area (TPSA) is 0 Å². The monoisotopic (exact) mass is 162 g/mol. The van der Waals surface area contributed by atoms with Gasteiger partial charge >= 0.3 is 6.18 Å². The van der Waals surface area contributed by atoms with E-state index in [9.17, 15) is 22.0 Å². The molecule has 62 valence electrons. The second-order valence-corrected chi connectivity index (χ2v) is 1.91. The van der Waals surface area contributed by atoms with Gasteiger partial charge in [0, 0.05) is 6.42 Å². The summed E-state index contributed by atoms with van der Waals surface area (Å²) in [7, 11) is 0. The van der Waals surface area contributed by atoms with Crippen molar-refractivity contribution in [3.63, 3.8) is 0 Å². The first-order valence-electron chi connectivity index (χ1n) is 2.72. The maximum atomic E-state index is 11.8. The molecule has 0 heterocycles. The lowest BCUT2D eigenvalue weighted by Crippen LogP contribution is -2.12. The highest BCUT2D eigenvalue weighted by molar-refractivity contribution is 4.58. The van der Waals surface area contributed by atoms with Gasteiger partial charge in [-0.1, -0.05) is 0 Å². The average Bonchev–Trinajstić information content (AvgIpc) is 1.81. The normalized spacial score (nSPS) is 15.3. The molecule has 0 bridgehead atoms. The number of halogens is 5. The van der Waals surface area contributed by atoms with Gasteiger partial charge in [0.2, 0.25) is 0 Å². The van der Waals surface area contributed by atoms with E-state index in [1.165, 1.54) is 0 Å². The summed E-state index contributed by atoms with van der Waals surface area (Å²) in [6, 6.07) is 0. The lowest BCUT2D eigenvalue weighted by atomic mass is 10.2. The lowest BCUT2D eigenvalue weighted by molar-refractivity contribution is -0.138. The van der Waals surface area contributed by atoms with Crippen molar-refractivity contribution in [2.75, 3.05) is 6.67 Å². The number of hydrogen-bond acceptors (Lipinski definition) is 0. The van der Waals surface area contributed by atoms with Crippen LogP contribution < -0.4 is 0 Å². The minimum absolute atomic E-state index is 0.778. The van der Waals surface area contributed by atoms with E-state index >= 15 is 0 Å². The first-order chi connectivity index (χ1) is 4.45. The van der Waals surface area contributed by atoms with E-state index in [1.54, 1.807) is 0 Å². The Balaban J connectivity index is 3.36. The second-order valence-electron chi connectivity index (χ2n) is 1.91. The molecule has 0 amide bonds. The van der Waals surface area contributed by atoms with Gasteiger partial charge in [0.15, 0.2) is 0 Å². The van der Waals surface area contributed by atoms with E-state index in [0.717, 1.165) is 0 Å². The molecule has 0 aliphatic carbocycles. The molecule has 10 heavy (non-hydrogen) atoms. The first-order valence-corrected chi connectivity index (χ1v) is 2.72. The number of alkyl halides is 5. The average molecular weight is 162 g/mol. The van der Waals surface area contributed by atoms with Gasteiger partial charge in [0.1, 0.15) is 12.8 Å². The Morgan fingerprint density at radius 2 is 1.70 bits per heavy atom. The molecule has 0 aromatic carbocycles. The Bertz CT molecular complexity index is 86.5. The van der Waals surface area contributed by atoms with Crippen molar-refractivity contribution in [3.05, 3.63) is 0 Å². The summed E-state index contributed by atoms with van der Waals surface area (Å²) in [5.41, 5.74) is 0. The third-order valence-corrected chi connectivity index (χ3v) is 0.908. The molecule has 5 heteroatoms. The van der Waals surface area contributed by atoms with Crippen molar-refractivity contribution in [2.24, 2.45) is 0 Å². The maximum Gasteiger partial charge on any atom is 0.389 e. The van der Waals surface area contributed by atoms with Gasteiger partial charge in [-0.3, -0.25) is 0 Å². The molecule has 1 unspecified atom stereocenters. The molecule has 0 saturated carbocycles. The summed E-state index contributed by atoms with van der Waals surface area (Å²) in [5.74, 6) is 0. The molecule has 1 atom stereocenters. The Labute approximate surface area is 55.0 Å². The SMILES string of the molecule is FCC(F)CCC(F)(F)F. The van der Waals surface area contributed by atoms with Gasteiger partial charge in [0.05, 0.1) is 0 Å². The van der Waals surface area contributed by atoms with Gasteiger partial charge in [0.25, 0.3) is 0 Å². The highest BCUT2D eigenvalue weighted by Crippen LogP contribution is 2.22. The van der Waals surface area contributed by atoms with Crippen LogP contribution in [0.4, 0.5) is 22.0 Å². The van der Waals surface area contributed by atoms with E-state index < -0.39 is 31.9 Å². The Morgan fingerprint density at radius 1 is 1.20 bits per heavy atom. The zero-order valence-electron chi connectivity index (χ0n) is 5.09. The predicted molar refractivity (Wildman–Crippen MR) is 26.2 cm³/mol. The van der Waals surface area contributed by atoms with Crippen LogP contribution in [-0.4, -0.2) is 19.0 Å². The molecular formula is C5H7F5. The molecule has 0 N–H and O–H groups in total. The van der Waals surface area contributed by atoms with Gasteiger partial charge in [-0.05, 0) is 6.42 Å². The molecule has 0 saturated heterocycles. The fraction of sp³-hybridized carbons (Fsp3) is 1.00. The Morgan fingerprint density at radius 3 is 2.00 bits per heavy atom. The molecule has 0 aliphatic rings. The van der Waals surface area contributed by atoms with E-state index in [-0.39, 0.29) is 0 Å². The summed E-state index contributed by atoms with van der Waals surface area (Å²) in [4.78, 5) is 0. The maximum absolute atomic E-state index is 11.8. The van der Waals surface area contributed by atoms with E-state index in [4.69, 9.17) is 0 Å². The highest BCUT2D eigenvalue weighted by atomic mass is 19.4. The van der Waals surface area contributed by atoms with Crippen LogP contribution in [0.25, 0.3) is 0 Å². The summed E-state index contributed by atoms with van der Waals surface area (Å²) >= 11 is 0. The minimum atomic E-state index is -4.38. The zero-order valence-corrected chi connectivity index (χ0v) is 5.09. The van der Waals surface area contributed by atoms with Crippen molar-refractivity contribution in [1.82, 2.24) is 0 Å². The summed E-state index contributed by atoms with van der Waals surface area (Å²) in [6.07, 6.45) is -8.38. The van der Waals surface area contributed by atoms with Crippen LogP contribution in [0.1, 0.15) is 12.8 Å². The van der Waals surface area contributed by atoms with E-state index in [2.05, 4.69) is 0 Å². The van der Waals surface area contributed by atoms with Crippen LogP contribution in [0.2, 0.25) is 0 Å². The first kappa shape index (κ1) is 9.65. The van der Waals surface area contributed by atoms with Gasteiger partial charge in [-0.15, -0.1) is 0 Å². The molecule has 0 aromatic heterocycles. The quantitative estimate of drug-likeness (QED) is 0.559. The molecular weight excluding hydrogens is 155 g/mol. The van der Waals surface area contributed by atoms with Crippen LogP contribution in [0.3, 0.4) is 0 Å². The third-order valence-electron chi connectivity index (χ3n) is 0.908. The smallest absolute Gasteiger partial charge is 0.248 e. The van der Waals surface area contributed by atoms with Crippen molar-refractivity contribution in [2.45, 2.75) is 25.2 Å². The Hall–Kier alpha value is -0.350. The van der Waals surface area contributed by atoms with Crippen LogP contribution in [0.5, 0.6) is 0 Å². The molecule has 0 aliphatic heterocycles. The highest BCUT2D eigenvalue weighted by Gasteiger charge is 2.28. The van der Waals surface area contributed by atoms with Crippen LogP contribution in [-0.2, 0) is 0 Å². The molecule has 0 fully saturated rings. The molecule has 0 aromatic rings. The fourth-order valence-corrected chi connectivity index (χ4v) is 0.397. The van der Waals surface area contributed by atoms with Crippen LogP contribution >= 0.6 is 0 Å². The molecule has 0 radical (unpaired) electrons. The molecule has 0 rings (SSSR count).